The second-order valence-electron chi connectivity index (χ2n) is 4.51. The topological polar surface area (TPSA) is 94.2 Å². The van der Waals surface area contributed by atoms with Gasteiger partial charge < -0.3 is 4.55 Å². The van der Waals surface area contributed by atoms with Gasteiger partial charge in [-0.3, -0.25) is 4.55 Å². The molecule has 0 aliphatic carbocycles. The lowest BCUT2D eigenvalue weighted by atomic mass is 10.0. The van der Waals surface area contributed by atoms with Gasteiger partial charge in [0.2, 0.25) is 10.4 Å². The zero-order chi connectivity index (χ0) is 15.9. The minimum absolute atomic E-state index is 0.812. The number of quaternary nitrogens is 1. The van der Waals surface area contributed by atoms with E-state index >= 15 is 0 Å². The highest BCUT2D eigenvalue weighted by Gasteiger charge is 2.26. The molecule has 116 valence electrons. The molecule has 0 radical (unpaired) electrons. The van der Waals surface area contributed by atoms with E-state index in [0.717, 1.165) is 30.2 Å². The van der Waals surface area contributed by atoms with Gasteiger partial charge in [-0.15, -0.1) is 0 Å². The van der Waals surface area contributed by atoms with Crippen molar-refractivity contribution >= 4 is 33.4 Å². The molecule has 1 aliphatic heterocycles. The maximum absolute atomic E-state index is 8.63. The van der Waals surface area contributed by atoms with Crippen LogP contribution in [-0.2, 0) is 10.4 Å². The highest BCUT2D eigenvalue weighted by Crippen LogP contribution is 2.13. The lowest BCUT2D eigenvalue weighted by Crippen LogP contribution is -3.12. The van der Waals surface area contributed by atoms with Crippen LogP contribution in [-0.4, -0.2) is 34.9 Å². The molecule has 0 saturated heterocycles. The first kappa shape index (κ1) is 19.3. The number of nitrogens with one attached hydrogen (secondary N) is 1. The van der Waals surface area contributed by atoms with Crippen molar-refractivity contribution in [2.45, 2.75) is 47.0 Å². The Labute approximate surface area is 126 Å². The summed E-state index contributed by atoms with van der Waals surface area (Å²) in [4.78, 5) is 5.78. The highest BCUT2D eigenvalue weighted by atomic mass is 32.3. The second-order valence-corrected chi connectivity index (χ2v) is 5.75. The van der Waals surface area contributed by atoms with Gasteiger partial charge in [0.15, 0.2) is 0 Å². The highest BCUT2D eigenvalue weighted by molar-refractivity contribution is 7.80. The smallest absolute Gasteiger partial charge is 0.299 e. The van der Waals surface area contributed by atoms with Gasteiger partial charge in [0.25, 0.3) is 5.11 Å². The molecule has 0 saturated carbocycles. The van der Waals surface area contributed by atoms with Gasteiger partial charge >= 0.3 is 0 Å². The standard InChI is InChI=1S/C12H20N2S.H2O4S/c1-5-7-11-9(3)13-12(15)14(8-6-2)10(11)4;1-5(2,3)4/h5-8H2,1-4H3;(H2,1,2,3,4). The van der Waals surface area contributed by atoms with E-state index in [-0.39, 0.29) is 0 Å². The Kier molecular flexibility index (Phi) is 8.29. The van der Waals surface area contributed by atoms with Gasteiger partial charge in [0.05, 0.1) is 12.3 Å². The van der Waals surface area contributed by atoms with Crippen LogP contribution in [0.15, 0.2) is 16.3 Å². The summed E-state index contributed by atoms with van der Waals surface area (Å²) in [5, 5.41) is 0.812. The number of hydrogen-bond donors (Lipinski definition) is 2. The molecule has 1 aliphatic rings. The Hall–Kier alpha value is -0.670. The second kappa shape index (κ2) is 8.58. The molecule has 0 bridgehead atoms. The van der Waals surface area contributed by atoms with Crippen molar-refractivity contribution in [2.75, 3.05) is 6.54 Å². The van der Waals surface area contributed by atoms with Crippen molar-refractivity contribution in [3.05, 3.63) is 11.3 Å². The van der Waals surface area contributed by atoms with Crippen LogP contribution >= 0.6 is 12.2 Å². The van der Waals surface area contributed by atoms with Crippen molar-refractivity contribution in [2.24, 2.45) is 4.99 Å². The largest absolute Gasteiger partial charge is 0.726 e. The molecule has 0 fully saturated rings. The fraction of sp³-hybridized carbons (Fsp3) is 0.667. The summed E-state index contributed by atoms with van der Waals surface area (Å²) in [5.74, 6) is 0. The molecule has 8 heteroatoms. The summed E-state index contributed by atoms with van der Waals surface area (Å²) >= 11 is 5.33. The Bertz CT molecular complexity index is 502. The Morgan fingerprint density at radius 3 is 2.20 bits per heavy atom. The SMILES string of the molecule is CCCC1=C(C)[NH+](CCC)C(=S)N=C1C.O=S(=O)([O-])O. The first-order valence-corrected chi connectivity index (χ1v) is 8.23. The van der Waals surface area contributed by atoms with Crippen LogP contribution < -0.4 is 4.90 Å². The number of allylic oxidation sites excluding steroid dienone is 2. The zero-order valence-electron chi connectivity index (χ0n) is 12.3. The first-order chi connectivity index (χ1) is 9.11. The van der Waals surface area contributed by atoms with Crippen LogP contribution in [0.4, 0.5) is 0 Å². The van der Waals surface area contributed by atoms with Crippen molar-refractivity contribution in [3.8, 4) is 0 Å². The molecule has 0 amide bonds. The van der Waals surface area contributed by atoms with Gasteiger partial charge in [0.1, 0.15) is 5.70 Å². The van der Waals surface area contributed by atoms with E-state index in [0.29, 0.717) is 0 Å². The maximum Gasteiger partial charge on any atom is 0.299 e. The fourth-order valence-corrected chi connectivity index (χ4v) is 2.46. The molecular formula is C12H22N2O4S2. The lowest BCUT2D eigenvalue weighted by Gasteiger charge is -2.24. The third-order valence-corrected chi connectivity index (χ3v) is 3.21. The summed E-state index contributed by atoms with van der Waals surface area (Å²) in [5.41, 5.74) is 3.92. The van der Waals surface area contributed by atoms with E-state index in [2.05, 4.69) is 32.7 Å². The predicted molar refractivity (Wildman–Crippen MR) is 81.8 cm³/mol. The molecule has 1 atom stereocenters. The average Bonchev–Trinajstić information content (AvgIpc) is 2.28. The molecule has 0 aromatic carbocycles. The Morgan fingerprint density at radius 1 is 1.30 bits per heavy atom. The minimum atomic E-state index is -4.92. The molecule has 20 heavy (non-hydrogen) atoms. The summed E-state index contributed by atoms with van der Waals surface area (Å²) in [6, 6.07) is 0. The maximum atomic E-state index is 8.63. The molecule has 1 heterocycles. The van der Waals surface area contributed by atoms with Crippen molar-refractivity contribution in [3.63, 3.8) is 0 Å². The number of aliphatic imine (C=N–C) groups is 1. The van der Waals surface area contributed by atoms with Crippen molar-refractivity contribution < 1.29 is 22.4 Å². The van der Waals surface area contributed by atoms with Crippen molar-refractivity contribution in [1.82, 2.24) is 0 Å². The molecule has 1 unspecified atom stereocenters. The monoisotopic (exact) mass is 322 g/mol. The van der Waals surface area contributed by atoms with Gasteiger partial charge in [-0.2, -0.15) is 4.99 Å². The summed E-state index contributed by atoms with van der Waals surface area (Å²) < 4.78 is 32.8. The van der Waals surface area contributed by atoms with Crippen molar-refractivity contribution in [1.29, 1.82) is 0 Å². The predicted octanol–water partition coefficient (Wildman–Crippen LogP) is 1.12. The van der Waals surface area contributed by atoms with Gasteiger partial charge in [-0.25, -0.2) is 13.3 Å². The number of hydrogen-bond acceptors (Lipinski definition) is 4. The normalized spacial score (nSPS) is 19.4. The zero-order valence-corrected chi connectivity index (χ0v) is 13.9. The Balaban J connectivity index is 0.000000621. The van der Waals surface area contributed by atoms with Gasteiger partial charge in [-0.05, 0) is 19.8 Å². The third-order valence-electron chi connectivity index (χ3n) is 2.87. The van der Waals surface area contributed by atoms with E-state index in [1.165, 1.54) is 22.6 Å². The quantitative estimate of drug-likeness (QED) is 0.459. The Morgan fingerprint density at radius 2 is 1.80 bits per heavy atom. The summed E-state index contributed by atoms with van der Waals surface area (Å²) in [7, 11) is -4.92. The third kappa shape index (κ3) is 7.20. The number of thiocarbonyl (C=S) groups is 1. The molecular weight excluding hydrogens is 300 g/mol. The van der Waals surface area contributed by atoms with E-state index < -0.39 is 10.4 Å². The number of rotatable bonds is 4. The van der Waals surface area contributed by atoms with E-state index in [1.807, 2.05) is 0 Å². The van der Waals surface area contributed by atoms with Gasteiger partial charge in [-0.1, -0.05) is 20.3 Å². The van der Waals surface area contributed by atoms with E-state index in [9.17, 15) is 0 Å². The van der Waals surface area contributed by atoms with Crippen LogP contribution in [0.1, 0.15) is 47.0 Å². The minimum Gasteiger partial charge on any atom is -0.726 e. The van der Waals surface area contributed by atoms with Crippen LogP contribution in [0.25, 0.3) is 0 Å². The van der Waals surface area contributed by atoms with E-state index in [1.54, 1.807) is 0 Å². The van der Waals surface area contributed by atoms with Gasteiger partial charge in [0, 0.05) is 24.7 Å². The average molecular weight is 322 g/mol. The number of nitrogens with zero attached hydrogens (tertiary/aromatic N) is 1. The summed E-state index contributed by atoms with van der Waals surface area (Å²) in [6.07, 6.45) is 3.43. The van der Waals surface area contributed by atoms with E-state index in [4.69, 9.17) is 29.7 Å². The first-order valence-electron chi connectivity index (χ1n) is 6.46. The molecule has 6 nitrogen and oxygen atoms in total. The molecule has 0 aromatic heterocycles. The molecule has 2 N–H and O–H groups in total. The van der Waals surface area contributed by atoms with Crippen LogP contribution in [0, 0.1) is 0 Å². The van der Waals surface area contributed by atoms with Crippen LogP contribution in [0.3, 0.4) is 0 Å². The molecule has 1 rings (SSSR count). The van der Waals surface area contributed by atoms with Crippen LogP contribution in [0.5, 0.6) is 0 Å². The lowest BCUT2D eigenvalue weighted by molar-refractivity contribution is -0.761. The molecule has 0 spiro atoms. The summed E-state index contributed by atoms with van der Waals surface area (Å²) in [6.45, 7) is 9.73. The fourth-order valence-electron chi connectivity index (χ4n) is 2.06. The molecule has 0 aromatic rings. The van der Waals surface area contributed by atoms with Crippen LogP contribution in [0.2, 0.25) is 0 Å².